The largest absolute Gasteiger partial charge is 0.347 e. The van der Waals surface area contributed by atoms with Gasteiger partial charge in [0.15, 0.2) is 11.6 Å². The van der Waals surface area contributed by atoms with Crippen LogP contribution in [0.2, 0.25) is 0 Å². The van der Waals surface area contributed by atoms with Crippen molar-refractivity contribution in [2.24, 2.45) is 29.1 Å². The fraction of sp³-hybridized carbons (Fsp3) is 0.909. The molecular weight excluding hydrogens is 328 g/mol. The summed E-state index contributed by atoms with van der Waals surface area (Å²) in [5, 5.41) is 0. The summed E-state index contributed by atoms with van der Waals surface area (Å²) in [4.78, 5) is 0. The quantitative estimate of drug-likeness (QED) is 0.611. The van der Waals surface area contributed by atoms with Gasteiger partial charge in [-0.3, -0.25) is 0 Å². The van der Waals surface area contributed by atoms with E-state index >= 15 is 0 Å². The zero-order valence-electron chi connectivity index (χ0n) is 16.0. The lowest BCUT2D eigenvalue weighted by Gasteiger charge is -2.55. The monoisotopic (exact) mass is 360 g/mol. The van der Waals surface area contributed by atoms with Crippen LogP contribution in [0.4, 0.5) is 0 Å². The first-order valence-electron chi connectivity index (χ1n) is 10.9. The minimum absolute atomic E-state index is 0.212. The van der Waals surface area contributed by atoms with Gasteiger partial charge in [0, 0.05) is 24.7 Å². The van der Waals surface area contributed by atoms with E-state index in [0.29, 0.717) is 0 Å². The standard InChI is InChI=1S/C22H32O4/c1-20-7-4-17-16-5-8-21(23-10-11-24-21)14-15(16)2-3-18(17)19(20)6-9-22(20)25-12-13-26-22/h2,16-19H,3-14H2,1H3/t16-,17+,18+,19-,20-/m0/s1. The molecule has 4 nitrogen and oxygen atoms in total. The average molecular weight is 360 g/mol. The summed E-state index contributed by atoms with van der Waals surface area (Å²) < 4.78 is 24.5. The first-order chi connectivity index (χ1) is 12.6. The second-order valence-electron chi connectivity index (χ2n) is 9.82. The number of allylic oxidation sites excluding steroid dienone is 1. The van der Waals surface area contributed by atoms with Gasteiger partial charge in [0.05, 0.1) is 26.4 Å². The molecule has 0 N–H and O–H groups in total. The lowest BCUT2D eigenvalue weighted by atomic mass is 9.52. The first-order valence-corrected chi connectivity index (χ1v) is 10.9. The van der Waals surface area contributed by atoms with Crippen LogP contribution < -0.4 is 0 Å². The molecule has 6 aliphatic rings. The van der Waals surface area contributed by atoms with Crippen molar-refractivity contribution in [1.82, 2.24) is 0 Å². The van der Waals surface area contributed by atoms with Crippen LogP contribution in [0.25, 0.3) is 0 Å². The van der Waals surface area contributed by atoms with Crippen LogP contribution in [0.5, 0.6) is 0 Å². The predicted octanol–water partition coefficient (Wildman–Crippen LogP) is 4.05. The van der Waals surface area contributed by atoms with E-state index < -0.39 is 0 Å². The number of fused-ring (bicyclic) bond motifs is 6. The van der Waals surface area contributed by atoms with Crippen molar-refractivity contribution in [2.45, 2.75) is 69.9 Å². The molecule has 2 heterocycles. The van der Waals surface area contributed by atoms with Gasteiger partial charge in [-0.05, 0) is 55.8 Å². The average Bonchev–Trinajstić information content (AvgIpc) is 3.37. The molecule has 5 atom stereocenters. The highest BCUT2D eigenvalue weighted by atomic mass is 16.7. The Balaban J connectivity index is 1.28. The van der Waals surface area contributed by atoms with Crippen LogP contribution in [0.3, 0.4) is 0 Å². The highest BCUT2D eigenvalue weighted by Crippen LogP contribution is 2.66. The molecule has 26 heavy (non-hydrogen) atoms. The molecule has 0 aromatic carbocycles. The van der Waals surface area contributed by atoms with Crippen LogP contribution in [-0.4, -0.2) is 38.0 Å². The van der Waals surface area contributed by atoms with Crippen LogP contribution in [0.1, 0.15) is 58.3 Å². The third-order valence-corrected chi connectivity index (χ3v) is 9.06. The topological polar surface area (TPSA) is 36.9 Å². The Morgan fingerprint density at radius 1 is 0.846 bits per heavy atom. The van der Waals surface area contributed by atoms with E-state index in [1.54, 1.807) is 5.57 Å². The second kappa shape index (κ2) is 5.56. The molecule has 0 bridgehead atoms. The summed E-state index contributed by atoms with van der Waals surface area (Å²) in [6.07, 6.45) is 12.1. The molecule has 0 radical (unpaired) electrons. The van der Waals surface area contributed by atoms with Gasteiger partial charge in [-0.1, -0.05) is 18.6 Å². The summed E-state index contributed by atoms with van der Waals surface area (Å²) in [5.74, 6) is 2.64. The minimum Gasteiger partial charge on any atom is -0.347 e. The smallest absolute Gasteiger partial charge is 0.174 e. The number of rotatable bonds is 0. The van der Waals surface area contributed by atoms with E-state index in [2.05, 4.69) is 13.0 Å². The molecule has 2 spiro atoms. The molecule has 6 rings (SSSR count). The fourth-order valence-corrected chi connectivity index (χ4v) is 7.88. The summed E-state index contributed by atoms with van der Waals surface area (Å²) in [5.41, 5.74) is 1.85. The van der Waals surface area contributed by atoms with Crippen molar-refractivity contribution in [3.8, 4) is 0 Å². The van der Waals surface area contributed by atoms with Gasteiger partial charge < -0.3 is 18.9 Å². The summed E-state index contributed by atoms with van der Waals surface area (Å²) in [6.45, 7) is 5.58. The van der Waals surface area contributed by atoms with Crippen LogP contribution in [-0.2, 0) is 18.9 Å². The molecule has 4 aliphatic carbocycles. The van der Waals surface area contributed by atoms with Crippen molar-refractivity contribution >= 4 is 0 Å². The molecule has 2 aliphatic heterocycles. The molecule has 0 unspecified atom stereocenters. The maximum absolute atomic E-state index is 6.25. The number of hydrogen-bond donors (Lipinski definition) is 0. The van der Waals surface area contributed by atoms with Gasteiger partial charge in [0.2, 0.25) is 0 Å². The normalized spacial score (nSPS) is 48.3. The molecule has 0 aromatic rings. The van der Waals surface area contributed by atoms with E-state index in [-0.39, 0.29) is 17.0 Å². The molecule has 4 heteroatoms. The van der Waals surface area contributed by atoms with Gasteiger partial charge in [-0.2, -0.15) is 0 Å². The fourth-order valence-electron chi connectivity index (χ4n) is 7.88. The summed E-state index contributed by atoms with van der Waals surface area (Å²) in [7, 11) is 0. The summed E-state index contributed by atoms with van der Waals surface area (Å²) in [6, 6.07) is 0. The third-order valence-electron chi connectivity index (χ3n) is 9.06. The van der Waals surface area contributed by atoms with Gasteiger partial charge >= 0.3 is 0 Å². The molecular formula is C22H32O4. The van der Waals surface area contributed by atoms with E-state index in [4.69, 9.17) is 18.9 Å². The first kappa shape index (κ1) is 16.5. The van der Waals surface area contributed by atoms with Crippen molar-refractivity contribution in [3.05, 3.63) is 11.6 Å². The van der Waals surface area contributed by atoms with E-state index in [0.717, 1.165) is 69.4 Å². The van der Waals surface area contributed by atoms with E-state index in [9.17, 15) is 0 Å². The molecule has 2 saturated heterocycles. The molecule has 5 fully saturated rings. The Morgan fingerprint density at radius 3 is 2.42 bits per heavy atom. The van der Waals surface area contributed by atoms with E-state index in [1.807, 2.05) is 0 Å². The molecule has 144 valence electrons. The van der Waals surface area contributed by atoms with Crippen molar-refractivity contribution < 1.29 is 18.9 Å². The zero-order chi connectivity index (χ0) is 17.4. The van der Waals surface area contributed by atoms with Gasteiger partial charge in [-0.25, -0.2) is 0 Å². The SMILES string of the molecule is C[C@]12CC[C@H]3[C@@H](CC=C4CC5(CC[C@@H]43)OCCO5)[C@@H]1CCC21OCCO1. The van der Waals surface area contributed by atoms with Gasteiger partial charge in [0.25, 0.3) is 0 Å². The van der Waals surface area contributed by atoms with Crippen molar-refractivity contribution in [1.29, 1.82) is 0 Å². The van der Waals surface area contributed by atoms with Gasteiger partial charge in [-0.15, -0.1) is 0 Å². The zero-order valence-corrected chi connectivity index (χ0v) is 16.0. The summed E-state index contributed by atoms with van der Waals surface area (Å²) >= 11 is 0. The molecule has 0 aromatic heterocycles. The van der Waals surface area contributed by atoms with Crippen LogP contribution in [0, 0.1) is 29.1 Å². The Bertz CT molecular complexity index is 616. The highest BCUT2D eigenvalue weighted by molar-refractivity contribution is 5.22. The van der Waals surface area contributed by atoms with Crippen molar-refractivity contribution in [2.75, 3.05) is 26.4 Å². The minimum atomic E-state index is -0.276. The Morgan fingerprint density at radius 2 is 1.62 bits per heavy atom. The van der Waals surface area contributed by atoms with Gasteiger partial charge in [0.1, 0.15) is 0 Å². The molecule has 3 saturated carbocycles. The van der Waals surface area contributed by atoms with E-state index in [1.165, 1.54) is 32.1 Å². The Hall–Kier alpha value is -0.420. The lowest BCUT2D eigenvalue weighted by Crippen LogP contribution is -2.53. The van der Waals surface area contributed by atoms with Crippen molar-refractivity contribution in [3.63, 3.8) is 0 Å². The van der Waals surface area contributed by atoms with Crippen LogP contribution >= 0.6 is 0 Å². The maximum atomic E-state index is 6.25. The number of ether oxygens (including phenoxy) is 4. The van der Waals surface area contributed by atoms with Crippen LogP contribution in [0.15, 0.2) is 11.6 Å². The second-order valence-corrected chi connectivity index (χ2v) is 9.82. The Labute approximate surface area is 156 Å². The Kier molecular flexibility index (Phi) is 3.53. The lowest BCUT2D eigenvalue weighted by molar-refractivity contribution is -0.241. The maximum Gasteiger partial charge on any atom is 0.174 e. The number of hydrogen-bond acceptors (Lipinski definition) is 4. The molecule has 0 amide bonds. The highest BCUT2D eigenvalue weighted by Gasteiger charge is 2.65. The third kappa shape index (κ3) is 2.05. The predicted molar refractivity (Wildman–Crippen MR) is 96.4 cm³/mol.